The maximum Gasteiger partial charge on any atom is 0.409 e. The van der Waals surface area contributed by atoms with E-state index in [1.165, 1.54) is 0 Å². The molecule has 0 spiro atoms. The van der Waals surface area contributed by atoms with Crippen molar-refractivity contribution in [2.75, 3.05) is 57.3 Å². The molecule has 0 radical (unpaired) electrons. The number of anilines is 1. The van der Waals surface area contributed by atoms with Gasteiger partial charge >= 0.3 is 18.1 Å². The van der Waals surface area contributed by atoms with Crippen molar-refractivity contribution in [2.24, 2.45) is 11.7 Å². The van der Waals surface area contributed by atoms with Gasteiger partial charge in [-0.3, -0.25) is 9.78 Å². The Labute approximate surface area is 187 Å². The summed E-state index contributed by atoms with van der Waals surface area (Å²) in [6.07, 6.45) is 5.66. The third-order valence-electron chi connectivity index (χ3n) is 6.01. The van der Waals surface area contributed by atoms with Crippen LogP contribution in [0, 0.1) is 5.92 Å². The number of carboxylic acids is 1. The molecule has 2 aliphatic rings. The smallest absolute Gasteiger partial charge is 0.409 e. The van der Waals surface area contributed by atoms with Crippen LogP contribution in [-0.4, -0.2) is 96.4 Å². The van der Waals surface area contributed by atoms with Crippen molar-refractivity contribution in [1.29, 1.82) is 0 Å². The van der Waals surface area contributed by atoms with Crippen molar-refractivity contribution in [1.82, 2.24) is 20.1 Å². The molecule has 0 aromatic carbocycles. The number of carbonyl (C=O) groups is 3. The molecule has 4 N–H and O–H groups in total. The minimum absolute atomic E-state index is 0.0964. The molecule has 2 fully saturated rings. The van der Waals surface area contributed by atoms with Crippen LogP contribution in [0.25, 0.3) is 0 Å². The van der Waals surface area contributed by atoms with Gasteiger partial charge in [0.15, 0.2) is 0 Å². The zero-order chi connectivity index (χ0) is 22.9. The molecule has 1 aromatic heterocycles. The molecule has 2 saturated heterocycles. The number of hydrogen-bond acceptors (Lipinski definition) is 7. The van der Waals surface area contributed by atoms with E-state index in [1.54, 1.807) is 22.2 Å². The van der Waals surface area contributed by atoms with E-state index in [-0.39, 0.29) is 18.7 Å². The highest BCUT2D eigenvalue weighted by Crippen LogP contribution is 2.21. The predicted molar refractivity (Wildman–Crippen MR) is 117 cm³/mol. The standard InChI is InChI=1S/C21H32N6O5/c22-18(19(28)29)15-24-20(30)26-8-3-16(4-9-26)5-14-32-21(31)27-12-10-25(11-13-27)17-1-6-23-7-2-17/h1-2,6-7,16,18H,3-5,8-15,22H2,(H,24,30)(H,28,29). The summed E-state index contributed by atoms with van der Waals surface area (Å²) in [4.78, 5) is 44.9. The second-order valence-corrected chi connectivity index (χ2v) is 8.14. The van der Waals surface area contributed by atoms with Gasteiger partial charge in [-0.15, -0.1) is 0 Å². The van der Waals surface area contributed by atoms with Gasteiger partial charge in [0.25, 0.3) is 0 Å². The number of nitrogens with zero attached hydrogens (tertiary/aromatic N) is 4. The number of hydrogen-bond donors (Lipinski definition) is 3. The number of ether oxygens (including phenoxy) is 1. The predicted octanol–water partition coefficient (Wildman–Crippen LogP) is 0.564. The molecule has 11 nitrogen and oxygen atoms in total. The Morgan fingerprint density at radius 2 is 1.75 bits per heavy atom. The number of aliphatic carboxylic acids is 1. The van der Waals surface area contributed by atoms with E-state index in [0.29, 0.717) is 38.7 Å². The van der Waals surface area contributed by atoms with Crippen molar-refractivity contribution in [3.8, 4) is 0 Å². The molecule has 32 heavy (non-hydrogen) atoms. The van der Waals surface area contributed by atoms with Gasteiger partial charge in [0.1, 0.15) is 6.04 Å². The maximum absolute atomic E-state index is 12.4. The van der Waals surface area contributed by atoms with Gasteiger partial charge in [0.05, 0.1) is 6.61 Å². The third kappa shape index (κ3) is 6.71. The normalized spacial score (nSPS) is 18.2. The quantitative estimate of drug-likeness (QED) is 0.550. The number of carbonyl (C=O) groups excluding carboxylic acids is 2. The Balaban J connectivity index is 1.28. The highest BCUT2D eigenvalue weighted by molar-refractivity contribution is 5.77. The lowest BCUT2D eigenvalue weighted by molar-refractivity contribution is -0.138. The fourth-order valence-electron chi connectivity index (χ4n) is 3.93. The molecule has 2 aliphatic heterocycles. The average molecular weight is 449 g/mol. The summed E-state index contributed by atoms with van der Waals surface area (Å²) in [6, 6.07) is 2.53. The first-order chi connectivity index (χ1) is 15.4. The highest BCUT2D eigenvalue weighted by Gasteiger charge is 2.25. The zero-order valence-corrected chi connectivity index (χ0v) is 18.2. The van der Waals surface area contributed by atoms with Crippen molar-refractivity contribution in [3.63, 3.8) is 0 Å². The molecule has 0 saturated carbocycles. The number of likely N-dealkylation sites (tertiary alicyclic amines) is 1. The topological polar surface area (TPSA) is 141 Å². The summed E-state index contributed by atoms with van der Waals surface area (Å²) in [5.41, 5.74) is 6.51. The summed E-state index contributed by atoms with van der Waals surface area (Å²) < 4.78 is 5.48. The van der Waals surface area contributed by atoms with E-state index >= 15 is 0 Å². The average Bonchev–Trinajstić information content (AvgIpc) is 2.83. The minimum atomic E-state index is -1.14. The van der Waals surface area contributed by atoms with Crippen LogP contribution in [0.1, 0.15) is 19.3 Å². The molecular weight excluding hydrogens is 416 g/mol. The minimum Gasteiger partial charge on any atom is -0.480 e. The lowest BCUT2D eigenvalue weighted by atomic mass is 9.94. The van der Waals surface area contributed by atoms with E-state index in [1.807, 2.05) is 12.1 Å². The first-order valence-corrected chi connectivity index (χ1v) is 11.0. The fraction of sp³-hybridized carbons (Fsp3) is 0.619. The molecule has 1 atom stereocenters. The van der Waals surface area contributed by atoms with Crippen LogP contribution in [0.15, 0.2) is 24.5 Å². The molecule has 1 unspecified atom stereocenters. The summed E-state index contributed by atoms with van der Waals surface area (Å²) >= 11 is 0. The van der Waals surface area contributed by atoms with Crippen LogP contribution in [0.4, 0.5) is 15.3 Å². The number of amides is 3. The molecule has 0 bridgehead atoms. The van der Waals surface area contributed by atoms with Crippen LogP contribution < -0.4 is 16.0 Å². The molecule has 1 aromatic rings. The molecule has 11 heteroatoms. The van der Waals surface area contributed by atoms with E-state index in [2.05, 4.69) is 15.2 Å². The number of rotatable bonds is 7. The van der Waals surface area contributed by atoms with E-state index < -0.39 is 12.0 Å². The number of piperidine rings is 1. The molecule has 3 amide bonds. The number of aromatic nitrogens is 1. The number of carboxylic acid groups (broad SMARTS) is 1. The number of nitrogens with two attached hydrogens (primary N) is 1. The Hall–Kier alpha value is -3.08. The molecule has 3 heterocycles. The molecular formula is C21H32N6O5. The van der Waals surface area contributed by atoms with Gasteiger partial charge in [-0.2, -0.15) is 0 Å². The van der Waals surface area contributed by atoms with Crippen LogP contribution in [-0.2, 0) is 9.53 Å². The van der Waals surface area contributed by atoms with Gasteiger partial charge in [0.2, 0.25) is 0 Å². The number of piperazine rings is 1. The second kappa shape index (κ2) is 11.5. The Kier molecular flexibility index (Phi) is 8.48. The highest BCUT2D eigenvalue weighted by atomic mass is 16.6. The fourth-order valence-corrected chi connectivity index (χ4v) is 3.93. The Morgan fingerprint density at radius 3 is 2.38 bits per heavy atom. The van der Waals surface area contributed by atoms with Gasteiger partial charge in [-0.25, -0.2) is 9.59 Å². The van der Waals surface area contributed by atoms with Gasteiger partial charge < -0.3 is 35.6 Å². The monoisotopic (exact) mass is 448 g/mol. The first-order valence-electron chi connectivity index (χ1n) is 11.0. The third-order valence-corrected chi connectivity index (χ3v) is 6.01. The summed E-state index contributed by atoms with van der Waals surface area (Å²) in [5, 5.41) is 11.3. The van der Waals surface area contributed by atoms with Crippen LogP contribution >= 0.6 is 0 Å². The lowest BCUT2D eigenvalue weighted by Gasteiger charge is -2.35. The van der Waals surface area contributed by atoms with Gasteiger partial charge in [-0.1, -0.05) is 0 Å². The van der Waals surface area contributed by atoms with Crippen LogP contribution in [0.5, 0.6) is 0 Å². The molecule has 0 aliphatic carbocycles. The van der Waals surface area contributed by atoms with Crippen LogP contribution in [0.2, 0.25) is 0 Å². The van der Waals surface area contributed by atoms with Gasteiger partial charge in [-0.05, 0) is 37.3 Å². The van der Waals surface area contributed by atoms with Crippen molar-refractivity contribution in [3.05, 3.63) is 24.5 Å². The van der Waals surface area contributed by atoms with E-state index in [9.17, 15) is 14.4 Å². The molecule has 176 valence electrons. The lowest BCUT2D eigenvalue weighted by Crippen LogP contribution is -2.49. The molecule has 3 rings (SSSR count). The number of urea groups is 1. The van der Waals surface area contributed by atoms with E-state index in [4.69, 9.17) is 15.6 Å². The van der Waals surface area contributed by atoms with Crippen molar-refractivity contribution in [2.45, 2.75) is 25.3 Å². The van der Waals surface area contributed by atoms with E-state index in [0.717, 1.165) is 38.0 Å². The number of pyridine rings is 1. The largest absolute Gasteiger partial charge is 0.480 e. The number of nitrogens with one attached hydrogen (secondary N) is 1. The summed E-state index contributed by atoms with van der Waals surface area (Å²) in [6.45, 7) is 4.22. The Morgan fingerprint density at radius 1 is 1.09 bits per heavy atom. The Bertz CT molecular complexity index is 763. The first kappa shape index (κ1) is 23.6. The SMILES string of the molecule is NC(CNC(=O)N1CCC(CCOC(=O)N2CCN(c3ccncc3)CC2)CC1)C(=O)O. The zero-order valence-electron chi connectivity index (χ0n) is 18.2. The van der Waals surface area contributed by atoms with Crippen molar-refractivity contribution >= 4 is 23.8 Å². The van der Waals surface area contributed by atoms with Crippen molar-refractivity contribution < 1.29 is 24.2 Å². The summed E-state index contributed by atoms with van der Waals surface area (Å²) in [5.74, 6) is -0.758. The summed E-state index contributed by atoms with van der Waals surface area (Å²) in [7, 11) is 0. The second-order valence-electron chi connectivity index (χ2n) is 8.14. The van der Waals surface area contributed by atoms with Gasteiger partial charge in [0, 0.05) is 63.9 Å². The maximum atomic E-state index is 12.4. The van der Waals surface area contributed by atoms with Crippen LogP contribution in [0.3, 0.4) is 0 Å².